The van der Waals surface area contributed by atoms with E-state index in [-0.39, 0.29) is 0 Å². The van der Waals surface area contributed by atoms with Gasteiger partial charge in [0, 0.05) is 0 Å². The van der Waals surface area contributed by atoms with Gasteiger partial charge in [0.05, 0.1) is 8.07 Å². The van der Waals surface area contributed by atoms with E-state index in [1.165, 1.54) is 17.2 Å². The van der Waals surface area contributed by atoms with Crippen LogP contribution in [0.15, 0.2) is 43.1 Å². The van der Waals surface area contributed by atoms with Gasteiger partial charge in [-0.15, -0.1) is 12.3 Å². The Morgan fingerprint density at radius 2 is 1.71 bits per heavy atom. The number of hydrogen-bond acceptors (Lipinski definition) is 0. The van der Waals surface area contributed by atoms with Crippen molar-refractivity contribution in [3.63, 3.8) is 0 Å². The standard InChI is InChI=1S/C13H18Si/c1-5-12-7-9-13(10-8-12)11-14(3,4)6-2/h5-10H,1-2,11H2,3-4H3. The van der Waals surface area contributed by atoms with Gasteiger partial charge in [0.1, 0.15) is 0 Å². The number of rotatable bonds is 4. The van der Waals surface area contributed by atoms with Crippen molar-refractivity contribution in [2.45, 2.75) is 19.1 Å². The van der Waals surface area contributed by atoms with E-state index in [2.05, 4.69) is 56.2 Å². The van der Waals surface area contributed by atoms with Crippen molar-refractivity contribution < 1.29 is 0 Å². The van der Waals surface area contributed by atoms with Gasteiger partial charge in [-0.2, -0.15) is 0 Å². The summed E-state index contributed by atoms with van der Waals surface area (Å²) in [5.41, 5.74) is 4.74. The summed E-state index contributed by atoms with van der Waals surface area (Å²) < 4.78 is 0. The van der Waals surface area contributed by atoms with E-state index in [9.17, 15) is 0 Å². The minimum absolute atomic E-state index is 1.17. The van der Waals surface area contributed by atoms with Crippen molar-refractivity contribution in [2.75, 3.05) is 0 Å². The van der Waals surface area contributed by atoms with E-state index in [4.69, 9.17) is 0 Å². The SMILES string of the molecule is C=Cc1ccc(C[Si](C)(C)C=C)cc1. The van der Waals surface area contributed by atoms with Crippen molar-refractivity contribution in [3.8, 4) is 0 Å². The summed E-state index contributed by atoms with van der Waals surface area (Å²) in [6, 6.07) is 9.80. The van der Waals surface area contributed by atoms with E-state index < -0.39 is 8.07 Å². The van der Waals surface area contributed by atoms with Gasteiger partial charge in [-0.1, -0.05) is 55.6 Å². The van der Waals surface area contributed by atoms with Gasteiger partial charge < -0.3 is 0 Å². The van der Waals surface area contributed by atoms with Crippen LogP contribution in [0, 0.1) is 0 Å². The van der Waals surface area contributed by atoms with E-state index in [0.29, 0.717) is 0 Å². The molecular formula is C13H18Si. The highest BCUT2D eigenvalue weighted by atomic mass is 28.3. The predicted molar refractivity (Wildman–Crippen MR) is 67.9 cm³/mol. The third kappa shape index (κ3) is 3.00. The van der Waals surface area contributed by atoms with Gasteiger partial charge in [0.15, 0.2) is 0 Å². The normalized spacial score (nSPS) is 11.0. The summed E-state index contributed by atoms with van der Waals surface area (Å²) in [4.78, 5) is 0. The maximum absolute atomic E-state index is 3.91. The zero-order valence-corrected chi connectivity index (χ0v) is 10.1. The molecule has 0 aliphatic heterocycles. The fraction of sp³-hybridized carbons (Fsp3) is 0.231. The first-order valence-electron chi connectivity index (χ1n) is 4.92. The lowest BCUT2D eigenvalue weighted by molar-refractivity contribution is 1.32. The summed E-state index contributed by atoms with van der Waals surface area (Å²) in [6.45, 7) is 12.3. The van der Waals surface area contributed by atoms with Crippen molar-refractivity contribution in [3.05, 3.63) is 54.2 Å². The monoisotopic (exact) mass is 202 g/mol. The first-order valence-corrected chi connectivity index (χ1v) is 8.21. The van der Waals surface area contributed by atoms with Crippen LogP contribution in [0.1, 0.15) is 11.1 Å². The summed E-state index contributed by atoms with van der Waals surface area (Å²) in [5, 5.41) is 0. The van der Waals surface area contributed by atoms with E-state index in [1.807, 2.05) is 6.08 Å². The molecule has 0 spiro atoms. The van der Waals surface area contributed by atoms with E-state index in [0.717, 1.165) is 0 Å². The van der Waals surface area contributed by atoms with Gasteiger partial charge in [0.25, 0.3) is 0 Å². The molecule has 0 atom stereocenters. The van der Waals surface area contributed by atoms with E-state index >= 15 is 0 Å². The molecule has 0 heterocycles. The quantitative estimate of drug-likeness (QED) is 0.651. The van der Waals surface area contributed by atoms with Crippen molar-refractivity contribution >= 4 is 14.1 Å². The van der Waals surface area contributed by atoms with Crippen LogP contribution in [-0.4, -0.2) is 8.07 Å². The minimum Gasteiger partial charge on any atom is -0.107 e. The highest BCUT2D eigenvalue weighted by Gasteiger charge is 2.15. The molecule has 1 aromatic rings. The van der Waals surface area contributed by atoms with Gasteiger partial charge in [0.2, 0.25) is 0 Å². The maximum atomic E-state index is 3.91. The Morgan fingerprint density at radius 3 is 2.14 bits per heavy atom. The fourth-order valence-corrected chi connectivity index (χ4v) is 2.80. The molecule has 0 N–H and O–H groups in total. The molecule has 0 nitrogen and oxygen atoms in total. The molecule has 1 aromatic carbocycles. The maximum Gasteiger partial charge on any atom is 0.0752 e. The molecule has 0 aromatic heterocycles. The Balaban J connectivity index is 2.78. The summed E-state index contributed by atoms with van der Waals surface area (Å²) in [5.74, 6) is 0. The lowest BCUT2D eigenvalue weighted by Gasteiger charge is -2.16. The fourth-order valence-electron chi connectivity index (χ4n) is 1.37. The predicted octanol–water partition coefficient (Wildman–Crippen LogP) is 3.84. The molecule has 74 valence electrons. The molecule has 0 aliphatic carbocycles. The number of hydrogen-bond donors (Lipinski definition) is 0. The Kier molecular flexibility index (Phi) is 3.47. The number of benzene rings is 1. The Hall–Kier alpha value is -1.08. The van der Waals surface area contributed by atoms with E-state index in [1.54, 1.807) is 0 Å². The van der Waals surface area contributed by atoms with Crippen LogP contribution in [0.3, 0.4) is 0 Å². The van der Waals surface area contributed by atoms with Crippen LogP contribution in [-0.2, 0) is 6.04 Å². The zero-order chi connectivity index (χ0) is 10.6. The zero-order valence-electron chi connectivity index (χ0n) is 9.09. The van der Waals surface area contributed by atoms with Gasteiger partial charge in [-0.05, 0) is 11.6 Å². The summed E-state index contributed by atoms with van der Waals surface area (Å²) >= 11 is 0. The Bertz CT molecular complexity index is 320. The molecule has 0 radical (unpaired) electrons. The summed E-state index contributed by atoms with van der Waals surface area (Å²) in [6.07, 6.45) is 1.87. The van der Waals surface area contributed by atoms with Crippen LogP contribution in [0.4, 0.5) is 0 Å². The molecule has 1 rings (SSSR count). The molecular weight excluding hydrogens is 184 g/mol. The van der Waals surface area contributed by atoms with Gasteiger partial charge in [-0.25, -0.2) is 0 Å². The summed E-state index contributed by atoms with van der Waals surface area (Å²) in [7, 11) is -1.21. The van der Waals surface area contributed by atoms with Crippen LogP contribution in [0.2, 0.25) is 13.1 Å². The molecule has 0 saturated carbocycles. The molecule has 0 saturated heterocycles. The minimum atomic E-state index is -1.21. The smallest absolute Gasteiger partial charge is 0.0752 e. The second kappa shape index (κ2) is 4.42. The lowest BCUT2D eigenvalue weighted by Crippen LogP contribution is -2.26. The van der Waals surface area contributed by atoms with Crippen molar-refractivity contribution in [1.82, 2.24) is 0 Å². The Morgan fingerprint density at radius 1 is 1.14 bits per heavy atom. The second-order valence-corrected chi connectivity index (χ2v) is 9.05. The average molecular weight is 202 g/mol. The van der Waals surface area contributed by atoms with Crippen LogP contribution in [0.5, 0.6) is 0 Å². The highest BCUT2D eigenvalue weighted by molar-refractivity contribution is 6.81. The van der Waals surface area contributed by atoms with Crippen molar-refractivity contribution in [2.24, 2.45) is 0 Å². The van der Waals surface area contributed by atoms with Crippen LogP contribution < -0.4 is 0 Å². The van der Waals surface area contributed by atoms with Gasteiger partial charge in [-0.3, -0.25) is 0 Å². The third-order valence-corrected chi connectivity index (χ3v) is 4.85. The molecule has 1 heteroatoms. The molecule has 0 unspecified atom stereocenters. The molecule has 0 aliphatic rings. The molecule has 0 amide bonds. The lowest BCUT2D eigenvalue weighted by atomic mass is 10.1. The van der Waals surface area contributed by atoms with Gasteiger partial charge >= 0.3 is 0 Å². The molecule has 14 heavy (non-hydrogen) atoms. The largest absolute Gasteiger partial charge is 0.107 e. The molecule has 0 fully saturated rings. The van der Waals surface area contributed by atoms with Crippen LogP contribution >= 0.6 is 0 Å². The average Bonchev–Trinajstić information content (AvgIpc) is 2.19. The first-order chi connectivity index (χ1) is 6.57. The molecule has 0 bridgehead atoms. The highest BCUT2D eigenvalue weighted by Crippen LogP contribution is 2.13. The first kappa shape index (κ1) is 11.0. The van der Waals surface area contributed by atoms with Crippen LogP contribution in [0.25, 0.3) is 6.08 Å². The second-order valence-electron chi connectivity index (χ2n) is 4.32. The Labute approximate surface area is 88.0 Å². The topological polar surface area (TPSA) is 0 Å². The van der Waals surface area contributed by atoms with Crippen molar-refractivity contribution in [1.29, 1.82) is 0 Å². The third-order valence-electron chi connectivity index (χ3n) is 2.43.